The van der Waals surface area contributed by atoms with Gasteiger partial charge in [-0.2, -0.15) is 0 Å². The molecule has 0 aliphatic carbocycles. The maximum atomic E-state index is 11.2. The van der Waals surface area contributed by atoms with Crippen LogP contribution in [0, 0.1) is 5.92 Å². The van der Waals surface area contributed by atoms with Crippen LogP contribution in [0.5, 0.6) is 0 Å². The van der Waals surface area contributed by atoms with E-state index in [1.165, 1.54) is 0 Å². The molecule has 0 amide bonds. The number of carbonyl (C=O) groups excluding carboxylic acids is 1. The van der Waals surface area contributed by atoms with Gasteiger partial charge in [-0.15, -0.1) is 0 Å². The Morgan fingerprint density at radius 1 is 1.27 bits per heavy atom. The monoisotopic (exact) mass is 213 g/mol. The molecule has 1 unspecified atom stereocenters. The van der Waals surface area contributed by atoms with Crippen LogP contribution in [-0.4, -0.2) is 5.78 Å². The maximum Gasteiger partial charge on any atom is 0.132 e. The summed E-state index contributed by atoms with van der Waals surface area (Å²) >= 11 is 0. The highest BCUT2D eigenvalue weighted by Gasteiger charge is 2.09. The van der Waals surface area contributed by atoms with Crippen molar-refractivity contribution in [1.82, 2.24) is 0 Å². The van der Waals surface area contributed by atoms with E-state index in [4.69, 9.17) is 5.73 Å². The second-order valence-corrected chi connectivity index (χ2v) is 3.51. The fraction of sp³-hybridized carbons (Fsp3) is 0.769. The third-order valence-electron chi connectivity index (χ3n) is 2.32. The molecular formula is C13H27NO. The predicted molar refractivity (Wildman–Crippen MR) is 67.6 cm³/mol. The highest BCUT2D eigenvalue weighted by Crippen LogP contribution is 2.16. The van der Waals surface area contributed by atoms with Crippen LogP contribution >= 0.6 is 0 Å². The Kier molecular flexibility index (Phi) is 12.5. The van der Waals surface area contributed by atoms with Gasteiger partial charge in [0.15, 0.2) is 0 Å². The van der Waals surface area contributed by atoms with Gasteiger partial charge in [-0.1, -0.05) is 34.3 Å². The van der Waals surface area contributed by atoms with Gasteiger partial charge in [0.25, 0.3) is 0 Å². The summed E-state index contributed by atoms with van der Waals surface area (Å²) in [6, 6.07) is 0. The molecule has 0 rings (SSSR count). The van der Waals surface area contributed by atoms with Crippen LogP contribution in [0.3, 0.4) is 0 Å². The second-order valence-electron chi connectivity index (χ2n) is 3.51. The molecule has 0 spiro atoms. The molecule has 0 saturated heterocycles. The molecule has 2 nitrogen and oxygen atoms in total. The van der Waals surface area contributed by atoms with Crippen LogP contribution in [0.1, 0.15) is 59.8 Å². The van der Waals surface area contributed by atoms with Crippen LogP contribution in [0.15, 0.2) is 12.3 Å². The summed E-state index contributed by atoms with van der Waals surface area (Å²) in [5, 5.41) is 0. The van der Waals surface area contributed by atoms with E-state index in [1.807, 2.05) is 20.8 Å². The Hall–Kier alpha value is -0.790. The van der Waals surface area contributed by atoms with Crippen molar-refractivity contribution in [1.29, 1.82) is 0 Å². The number of nitrogens with two attached hydrogens (primary N) is 1. The second kappa shape index (κ2) is 11.3. The molecule has 1 atom stereocenters. The molecule has 2 heteroatoms. The normalized spacial score (nSPS) is 11.2. The van der Waals surface area contributed by atoms with Crippen molar-refractivity contribution in [2.75, 3.05) is 0 Å². The number of rotatable bonds is 7. The molecule has 0 radical (unpaired) electrons. The number of Topliss-reactive ketones (excluding diaryl/α,β-unsaturated/α-hetero) is 1. The third-order valence-corrected chi connectivity index (χ3v) is 2.32. The van der Waals surface area contributed by atoms with Crippen LogP contribution in [0.25, 0.3) is 0 Å². The van der Waals surface area contributed by atoms with E-state index in [-0.39, 0.29) is 0 Å². The van der Waals surface area contributed by atoms with E-state index in [0.29, 0.717) is 30.2 Å². The van der Waals surface area contributed by atoms with Crippen LogP contribution in [0.2, 0.25) is 0 Å². The molecule has 15 heavy (non-hydrogen) atoms. The van der Waals surface area contributed by atoms with Crippen molar-refractivity contribution < 1.29 is 4.79 Å². The van der Waals surface area contributed by atoms with Gasteiger partial charge in [-0.05, 0) is 25.2 Å². The minimum atomic E-state index is 0.320. The lowest BCUT2D eigenvalue weighted by Gasteiger charge is -2.13. The summed E-state index contributed by atoms with van der Waals surface area (Å²) in [6.07, 6.45) is 4.15. The molecular weight excluding hydrogens is 186 g/mol. The highest BCUT2D eigenvalue weighted by atomic mass is 16.1. The summed E-state index contributed by atoms with van der Waals surface area (Å²) in [7, 11) is 0. The zero-order chi connectivity index (χ0) is 12.3. The van der Waals surface area contributed by atoms with Crippen LogP contribution < -0.4 is 5.73 Å². The Morgan fingerprint density at radius 2 is 1.80 bits per heavy atom. The molecule has 0 heterocycles. The molecule has 0 aromatic rings. The first-order chi connectivity index (χ1) is 7.11. The first kappa shape index (κ1) is 16.6. The number of allylic oxidation sites excluding steroid dienone is 1. The largest absolute Gasteiger partial charge is 0.402 e. The minimum Gasteiger partial charge on any atom is -0.402 e. The average Bonchev–Trinajstić information content (AvgIpc) is 2.21. The Balaban J connectivity index is 0. The third kappa shape index (κ3) is 9.51. The molecule has 0 fully saturated rings. The maximum absolute atomic E-state index is 11.2. The summed E-state index contributed by atoms with van der Waals surface area (Å²) in [4.78, 5) is 11.2. The van der Waals surface area contributed by atoms with Crippen molar-refractivity contribution in [3.8, 4) is 0 Å². The summed E-state index contributed by atoms with van der Waals surface area (Å²) in [5.41, 5.74) is 6.32. The van der Waals surface area contributed by atoms with E-state index < -0.39 is 0 Å². The predicted octanol–water partition coefficient (Wildman–Crippen LogP) is 3.66. The Bertz CT molecular complexity index is 175. The topological polar surface area (TPSA) is 43.1 Å². The van der Waals surface area contributed by atoms with E-state index in [0.717, 1.165) is 19.3 Å². The standard InChI is InChI=1S/C11H21NO.C2H6/c1-4-6-11(13)8-7-10(5-2)9(3)12;1-2/h10H,3-8,12H2,1-2H3;1-2H3. The number of hydrogen-bond donors (Lipinski definition) is 1. The zero-order valence-corrected chi connectivity index (χ0v) is 10.8. The quantitative estimate of drug-likeness (QED) is 0.701. The first-order valence-corrected chi connectivity index (χ1v) is 6.07. The zero-order valence-electron chi connectivity index (χ0n) is 10.8. The Morgan fingerprint density at radius 3 is 2.13 bits per heavy atom. The van der Waals surface area contributed by atoms with Crippen molar-refractivity contribution in [3.05, 3.63) is 12.3 Å². The molecule has 2 N–H and O–H groups in total. The molecule has 0 aliphatic heterocycles. The molecule has 0 bridgehead atoms. The molecule has 90 valence electrons. The van der Waals surface area contributed by atoms with Crippen molar-refractivity contribution >= 4 is 5.78 Å². The molecule has 0 saturated carbocycles. The lowest BCUT2D eigenvalue weighted by atomic mass is 9.95. The van der Waals surface area contributed by atoms with E-state index >= 15 is 0 Å². The van der Waals surface area contributed by atoms with E-state index in [2.05, 4.69) is 13.5 Å². The van der Waals surface area contributed by atoms with Gasteiger partial charge < -0.3 is 5.73 Å². The van der Waals surface area contributed by atoms with Gasteiger partial charge in [0.2, 0.25) is 0 Å². The number of ketones is 1. The van der Waals surface area contributed by atoms with Gasteiger partial charge >= 0.3 is 0 Å². The van der Waals surface area contributed by atoms with Gasteiger partial charge in [0.05, 0.1) is 0 Å². The SMILES string of the molecule is C=C(N)C(CC)CCC(=O)CCC.CC. The van der Waals surface area contributed by atoms with Crippen molar-refractivity contribution in [2.45, 2.75) is 59.8 Å². The van der Waals surface area contributed by atoms with E-state index in [9.17, 15) is 4.79 Å². The summed E-state index contributed by atoms with van der Waals surface area (Å²) in [5.74, 6) is 0.669. The molecule has 0 aromatic heterocycles. The summed E-state index contributed by atoms with van der Waals surface area (Å²) in [6.45, 7) is 11.8. The van der Waals surface area contributed by atoms with Crippen molar-refractivity contribution in [3.63, 3.8) is 0 Å². The first-order valence-electron chi connectivity index (χ1n) is 6.07. The van der Waals surface area contributed by atoms with Gasteiger partial charge in [0, 0.05) is 18.5 Å². The van der Waals surface area contributed by atoms with Gasteiger partial charge in [-0.25, -0.2) is 0 Å². The lowest BCUT2D eigenvalue weighted by Crippen LogP contribution is -2.11. The lowest BCUT2D eigenvalue weighted by molar-refractivity contribution is -0.119. The van der Waals surface area contributed by atoms with E-state index in [1.54, 1.807) is 0 Å². The summed E-state index contributed by atoms with van der Waals surface area (Å²) < 4.78 is 0. The Labute approximate surface area is 94.9 Å². The minimum absolute atomic E-state index is 0.320. The fourth-order valence-electron chi connectivity index (χ4n) is 1.39. The van der Waals surface area contributed by atoms with Crippen LogP contribution in [0.4, 0.5) is 0 Å². The smallest absolute Gasteiger partial charge is 0.132 e. The van der Waals surface area contributed by atoms with Gasteiger partial charge in [-0.3, -0.25) is 4.79 Å². The van der Waals surface area contributed by atoms with Gasteiger partial charge in [0.1, 0.15) is 5.78 Å². The molecule has 0 aliphatic rings. The average molecular weight is 213 g/mol. The molecule has 0 aromatic carbocycles. The number of hydrogen-bond acceptors (Lipinski definition) is 2. The van der Waals surface area contributed by atoms with Crippen LogP contribution in [-0.2, 0) is 4.79 Å². The van der Waals surface area contributed by atoms with Crippen molar-refractivity contribution in [2.24, 2.45) is 11.7 Å². The fourth-order valence-corrected chi connectivity index (χ4v) is 1.39. The number of carbonyl (C=O) groups is 1. The highest BCUT2D eigenvalue weighted by molar-refractivity contribution is 5.78.